The van der Waals surface area contributed by atoms with Crippen molar-refractivity contribution in [2.75, 3.05) is 20.3 Å². The number of esters is 2. The van der Waals surface area contributed by atoms with Crippen LogP contribution in [-0.2, 0) is 28.5 Å². The topological polar surface area (TPSA) is 150 Å². The molecule has 2 aromatic rings. The summed E-state index contributed by atoms with van der Waals surface area (Å²) >= 11 is 1.28. The Morgan fingerprint density at radius 3 is 2.21 bits per heavy atom. The van der Waals surface area contributed by atoms with Crippen LogP contribution in [0.4, 0.5) is 0 Å². The van der Waals surface area contributed by atoms with Crippen LogP contribution in [0.15, 0.2) is 59.5 Å². The van der Waals surface area contributed by atoms with Crippen LogP contribution in [0.3, 0.4) is 0 Å². The number of aliphatic hydroxyl groups excluding tert-OH is 3. The van der Waals surface area contributed by atoms with Crippen molar-refractivity contribution in [2.24, 2.45) is 0 Å². The molecule has 38 heavy (non-hydrogen) atoms. The molecule has 2 saturated heterocycles. The molecule has 0 saturated carbocycles. The van der Waals surface area contributed by atoms with E-state index in [2.05, 4.69) is 0 Å². The molecular formula is C26H30O11S. The van der Waals surface area contributed by atoms with Crippen molar-refractivity contribution in [1.29, 1.82) is 0 Å². The molecule has 0 amide bonds. The number of methoxy groups -OCH3 is 1. The van der Waals surface area contributed by atoms with Crippen LogP contribution in [0.1, 0.15) is 17.3 Å². The van der Waals surface area contributed by atoms with Gasteiger partial charge >= 0.3 is 11.9 Å². The Hall–Kier alpha value is -2.71. The molecule has 12 heteroatoms. The van der Waals surface area contributed by atoms with Gasteiger partial charge in [0.05, 0.1) is 25.9 Å². The van der Waals surface area contributed by atoms with Crippen LogP contribution in [0, 0.1) is 0 Å². The largest absolute Gasteiger partial charge is 0.497 e. The van der Waals surface area contributed by atoms with Crippen molar-refractivity contribution in [3.8, 4) is 5.75 Å². The molecule has 2 aliphatic heterocycles. The monoisotopic (exact) mass is 550 g/mol. The summed E-state index contributed by atoms with van der Waals surface area (Å²) in [5.74, 6) is -0.890. The van der Waals surface area contributed by atoms with E-state index in [4.69, 9.17) is 28.4 Å². The summed E-state index contributed by atoms with van der Waals surface area (Å²) in [5, 5.41) is 31.6. The van der Waals surface area contributed by atoms with Crippen molar-refractivity contribution in [1.82, 2.24) is 0 Å². The minimum Gasteiger partial charge on any atom is -0.497 e. The number of hydrogen-bond donors (Lipinski definition) is 3. The highest BCUT2D eigenvalue weighted by Crippen LogP contribution is 2.35. The van der Waals surface area contributed by atoms with E-state index in [1.165, 1.54) is 37.9 Å². The summed E-state index contributed by atoms with van der Waals surface area (Å²) in [6, 6.07) is 15.4. The molecule has 11 nitrogen and oxygen atoms in total. The fourth-order valence-corrected chi connectivity index (χ4v) is 5.13. The third-order valence-corrected chi connectivity index (χ3v) is 7.17. The molecule has 3 N–H and O–H groups in total. The van der Waals surface area contributed by atoms with E-state index in [1.807, 2.05) is 30.3 Å². The molecule has 8 atom stereocenters. The summed E-state index contributed by atoms with van der Waals surface area (Å²) in [7, 11) is 1.49. The number of ether oxygens (including phenoxy) is 6. The standard InChI is InChI=1S/C26H30O11S/c1-14(27)35-23-21(19(29)13-34-26(23)38-17-6-4-3-5-7-17)37-25-22(20(30)18(28)12-33-25)36-24(31)15-8-10-16(32-2)11-9-15/h3-11,18-23,25-26,28-30H,12-13H2,1-2H3/t18-,19+,20+,21+,22-,23-,25+,26+/m1/s1. The molecular weight excluding hydrogens is 520 g/mol. The average molecular weight is 551 g/mol. The predicted octanol–water partition coefficient (Wildman–Crippen LogP) is 1.13. The van der Waals surface area contributed by atoms with Crippen molar-refractivity contribution >= 4 is 23.7 Å². The second kappa shape index (κ2) is 12.9. The molecule has 0 unspecified atom stereocenters. The van der Waals surface area contributed by atoms with E-state index in [-0.39, 0.29) is 18.8 Å². The Bertz CT molecular complexity index is 1070. The lowest BCUT2D eigenvalue weighted by Gasteiger charge is -2.43. The van der Waals surface area contributed by atoms with Gasteiger partial charge in [0.25, 0.3) is 0 Å². The maximum Gasteiger partial charge on any atom is 0.338 e. The van der Waals surface area contributed by atoms with Crippen LogP contribution in [0.5, 0.6) is 5.75 Å². The predicted molar refractivity (Wildman–Crippen MR) is 132 cm³/mol. The van der Waals surface area contributed by atoms with Gasteiger partial charge in [-0.1, -0.05) is 30.0 Å². The Morgan fingerprint density at radius 1 is 0.868 bits per heavy atom. The van der Waals surface area contributed by atoms with Crippen LogP contribution >= 0.6 is 11.8 Å². The van der Waals surface area contributed by atoms with Crippen LogP contribution in [0.25, 0.3) is 0 Å². The molecule has 2 fully saturated rings. The zero-order valence-electron chi connectivity index (χ0n) is 20.7. The van der Waals surface area contributed by atoms with Gasteiger partial charge in [0, 0.05) is 11.8 Å². The summed E-state index contributed by atoms with van der Waals surface area (Å²) in [4.78, 5) is 25.6. The molecule has 0 aliphatic carbocycles. The number of benzene rings is 2. The summed E-state index contributed by atoms with van der Waals surface area (Å²) in [5.41, 5.74) is -0.575. The van der Waals surface area contributed by atoms with Gasteiger partial charge in [-0.05, 0) is 36.4 Å². The van der Waals surface area contributed by atoms with Gasteiger partial charge in [-0.15, -0.1) is 0 Å². The highest BCUT2D eigenvalue weighted by atomic mass is 32.2. The lowest BCUT2D eigenvalue weighted by atomic mass is 10.0. The smallest absolute Gasteiger partial charge is 0.338 e. The molecule has 0 radical (unpaired) electrons. The first-order chi connectivity index (χ1) is 18.3. The molecule has 4 rings (SSSR count). The second-order valence-corrected chi connectivity index (χ2v) is 9.90. The van der Waals surface area contributed by atoms with Gasteiger partial charge in [0.1, 0.15) is 35.6 Å². The van der Waals surface area contributed by atoms with Crippen LogP contribution in [0.2, 0.25) is 0 Å². The Kier molecular flexibility index (Phi) is 9.60. The molecule has 2 aliphatic rings. The zero-order valence-corrected chi connectivity index (χ0v) is 21.6. The lowest BCUT2D eigenvalue weighted by Crippen LogP contribution is -2.61. The number of thioether (sulfide) groups is 1. The third kappa shape index (κ3) is 6.83. The van der Waals surface area contributed by atoms with E-state index in [9.17, 15) is 24.9 Å². The summed E-state index contributed by atoms with van der Waals surface area (Å²) in [6.07, 6.45) is -9.23. The van der Waals surface area contributed by atoms with Gasteiger partial charge in [-0.3, -0.25) is 4.79 Å². The van der Waals surface area contributed by atoms with E-state index in [1.54, 1.807) is 12.1 Å². The number of aliphatic hydroxyl groups is 3. The van der Waals surface area contributed by atoms with Crippen LogP contribution in [-0.4, -0.2) is 95.9 Å². The third-order valence-electron chi connectivity index (χ3n) is 5.99. The minimum atomic E-state index is -1.55. The molecule has 0 bridgehead atoms. The molecule has 0 spiro atoms. The average Bonchev–Trinajstić information content (AvgIpc) is 2.91. The van der Waals surface area contributed by atoms with Crippen molar-refractivity contribution in [3.05, 3.63) is 60.2 Å². The summed E-state index contributed by atoms with van der Waals surface area (Å²) < 4.78 is 33.4. The quantitative estimate of drug-likeness (QED) is 0.404. The normalized spacial score (nSPS) is 31.3. The number of rotatable bonds is 8. The highest BCUT2D eigenvalue weighted by molar-refractivity contribution is 7.99. The maximum atomic E-state index is 12.8. The highest BCUT2D eigenvalue weighted by Gasteiger charge is 2.49. The summed E-state index contributed by atoms with van der Waals surface area (Å²) in [6.45, 7) is 0.766. The molecule has 2 aromatic carbocycles. The minimum absolute atomic E-state index is 0.138. The molecule has 0 aromatic heterocycles. The van der Waals surface area contributed by atoms with Crippen molar-refractivity contribution < 1.29 is 53.3 Å². The van der Waals surface area contributed by atoms with Crippen LogP contribution < -0.4 is 4.74 Å². The van der Waals surface area contributed by atoms with E-state index in [0.717, 1.165) is 4.90 Å². The molecule has 2 heterocycles. The maximum absolute atomic E-state index is 12.8. The molecule has 206 valence electrons. The fourth-order valence-electron chi connectivity index (χ4n) is 4.06. The van der Waals surface area contributed by atoms with Gasteiger partial charge in [0.15, 0.2) is 18.5 Å². The first-order valence-electron chi connectivity index (χ1n) is 11.9. The Morgan fingerprint density at radius 2 is 1.55 bits per heavy atom. The Labute approximate surface area is 223 Å². The zero-order chi connectivity index (χ0) is 27.2. The van der Waals surface area contributed by atoms with E-state index < -0.39 is 60.3 Å². The number of carbonyl (C=O) groups excluding carboxylic acids is 2. The van der Waals surface area contributed by atoms with E-state index in [0.29, 0.717) is 5.75 Å². The first kappa shape index (κ1) is 28.3. The van der Waals surface area contributed by atoms with Gasteiger partial charge in [-0.25, -0.2) is 4.79 Å². The Balaban J connectivity index is 1.54. The van der Waals surface area contributed by atoms with Gasteiger partial charge in [-0.2, -0.15) is 0 Å². The van der Waals surface area contributed by atoms with Crippen molar-refractivity contribution in [2.45, 2.75) is 60.2 Å². The van der Waals surface area contributed by atoms with Gasteiger partial charge in [0.2, 0.25) is 0 Å². The van der Waals surface area contributed by atoms with Gasteiger partial charge < -0.3 is 43.7 Å². The van der Waals surface area contributed by atoms with E-state index >= 15 is 0 Å². The SMILES string of the molecule is COc1ccc(C(=O)O[C@H]2[C@H](O[C@@H]3[C@@H](OC(C)=O)[C@H](Sc4ccccc4)OC[C@@H]3O)OC[C@@H](O)[C@@H]2O)cc1. The fraction of sp³-hybridized carbons (Fsp3) is 0.462. The number of hydrogen-bond acceptors (Lipinski definition) is 12. The van der Waals surface area contributed by atoms with Crippen molar-refractivity contribution in [3.63, 3.8) is 0 Å². The number of carbonyl (C=O) groups is 2. The first-order valence-corrected chi connectivity index (χ1v) is 12.8. The second-order valence-electron chi connectivity index (χ2n) is 8.73. The lowest BCUT2D eigenvalue weighted by molar-refractivity contribution is -0.310.